The van der Waals surface area contributed by atoms with Gasteiger partial charge in [-0.05, 0) is 57.6 Å². The smallest absolute Gasteiger partial charge is 0.266 e. The lowest BCUT2D eigenvalue weighted by atomic mass is 10.2. The van der Waals surface area contributed by atoms with Gasteiger partial charge in [-0.1, -0.05) is 18.5 Å². The normalized spacial score (nSPS) is 10.4. The third kappa shape index (κ3) is 2.94. The first-order valence-electron chi connectivity index (χ1n) is 5.44. The highest BCUT2D eigenvalue weighted by molar-refractivity contribution is 9.10. The summed E-state index contributed by atoms with van der Waals surface area (Å²) in [6.45, 7) is 2.04. The number of anilines is 1. The van der Waals surface area contributed by atoms with E-state index in [0.717, 1.165) is 27.0 Å². The minimum Gasteiger partial charge on any atom is -0.321 e. The lowest BCUT2D eigenvalue weighted by Crippen LogP contribution is -2.11. The van der Waals surface area contributed by atoms with Gasteiger partial charge in [0.15, 0.2) is 0 Å². The molecular formula is C13H11BrClNOS. The lowest BCUT2D eigenvalue weighted by Gasteiger charge is -2.06. The van der Waals surface area contributed by atoms with Crippen molar-refractivity contribution in [2.45, 2.75) is 13.3 Å². The molecule has 0 saturated heterocycles. The molecule has 2 rings (SSSR count). The highest BCUT2D eigenvalue weighted by Crippen LogP contribution is 2.26. The molecule has 0 saturated carbocycles. The van der Waals surface area contributed by atoms with Crippen LogP contribution in [0.2, 0.25) is 5.02 Å². The predicted molar refractivity (Wildman–Crippen MR) is 80.8 cm³/mol. The second-order valence-corrected chi connectivity index (χ2v) is 5.89. The summed E-state index contributed by atoms with van der Waals surface area (Å²) >= 11 is 10.7. The summed E-state index contributed by atoms with van der Waals surface area (Å²) in [5.41, 5.74) is 1.80. The molecule has 1 N–H and O–H groups in total. The Hall–Kier alpha value is -0.840. The van der Waals surface area contributed by atoms with Crippen molar-refractivity contribution >= 4 is 50.5 Å². The van der Waals surface area contributed by atoms with Crippen molar-refractivity contribution in [2.24, 2.45) is 0 Å². The molecule has 0 atom stereocenters. The van der Waals surface area contributed by atoms with Crippen LogP contribution in [0, 0.1) is 0 Å². The van der Waals surface area contributed by atoms with Crippen LogP contribution in [0.4, 0.5) is 5.69 Å². The Morgan fingerprint density at radius 3 is 2.89 bits per heavy atom. The summed E-state index contributed by atoms with van der Waals surface area (Å²) in [5, 5.41) is 5.43. The van der Waals surface area contributed by atoms with Crippen LogP contribution < -0.4 is 5.32 Å². The predicted octanol–water partition coefficient (Wildman–Crippen LogP) is 4.98. The van der Waals surface area contributed by atoms with Crippen molar-refractivity contribution in [3.63, 3.8) is 0 Å². The molecule has 18 heavy (non-hydrogen) atoms. The van der Waals surface area contributed by atoms with Gasteiger partial charge in [0.25, 0.3) is 5.91 Å². The molecule has 0 aliphatic heterocycles. The zero-order valence-corrected chi connectivity index (χ0v) is 12.8. The molecule has 0 radical (unpaired) electrons. The maximum absolute atomic E-state index is 12.1. The summed E-state index contributed by atoms with van der Waals surface area (Å²) < 4.78 is 0.767. The van der Waals surface area contributed by atoms with Gasteiger partial charge in [0.2, 0.25) is 0 Å². The Balaban J connectivity index is 2.19. The summed E-state index contributed by atoms with van der Waals surface area (Å²) in [5.74, 6) is -0.0731. The minimum atomic E-state index is -0.0731. The van der Waals surface area contributed by atoms with Gasteiger partial charge >= 0.3 is 0 Å². The van der Waals surface area contributed by atoms with Crippen molar-refractivity contribution in [1.82, 2.24) is 0 Å². The van der Waals surface area contributed by atoms with E-state index in [-0.39, 0.29) is 5.91 Å². The van der Waals surface area contributed by atoms with Crippen LogP contribution in [0.15, 0.2) is 34.1 Å². The quantitative estimate of drug-likeness (QED) is 0.836. The second-order valence-electron chi connectivity index (χ2n) is 3.71. The molecule has 5 heteroatoms. The van der Waals surface area contributed by atoms with Gasteiger partial charge in [-0.2, -0.15) is 0 Å². The summed E-state index contributed by atoms with van der Waals surface area (Å²) in [6.07, 6.45) is 0.858. The second kappa shape index (κ2) is 5.87. The first-order valence-corrected chi connectivity index (χ1v) is 7.49. The molecule has 2 aromatic rings. The van der Waals surface area contributed by atoms with Crippen LogP contribution in [0.5, 0.6) is 0 Å². The molecule has 0 unspecified atom stereocenters. The fourth-order valence-corrected chi connectivity index (χ4v) is 2.96. The van der Waals surface area contributed by atoms with Crippen molar-refractivity contribution in [3.05, 3.63) is 49.6 Å². The molecule has 0 spiro atoms. The van der Waals surface area contributed by atoms with E-state index in [1.165, 1.54) is 11.3 Å². The number of benzene rings is 1. The van der Waals surface area contributed by atoms with E-state index in [4.69, 9.17) is 11.6 Å². The van der Waals surface area contributed by atoms with Gasteiger partial charge in [-0.15, -0.1) is 11.3 Å². The zero-order chi connectivity index (χ0) is 13.1. The Bertz CT molecular complexity index is 582. The van der Waals surface area contributed by atoms with Gasteiger partial charge < -0.3 is 5.32 Å². The van der Waals surface area contributed by atoms with E-state index in [0.29, 0.717) is 5.02 Å². The number of rotatable bonds is 3. The Kier molecular flexibility index (Phi) is 4.43. The van der Waals surface area contributed by atoms with Gasteiger partial charge in [0, 0.05) is 10.2 Å². The van der Waals surface area contributed by atoms with E-state index >= 15 is 0 Å². The van der Waals surface area contributed by atoms with Gasteiger partial charge in [0.1, 0.15) is 0 Å². The van der Waals surface area contributed by atoms with E-state index < -0.39 is 0 Å². The largest absolute Gasteiger partial charge is 0.321 e. The van der Waals surface area contributed by atoms with E-state index in [9.17, 15) is 4.79 Å². The molecule has 94 valence electrons. The Morgan fingerprint density at radius 1 is 1.44 bits per heavy atom. The summed E-state index contributed by atoms with van der Waals surface area (Å²) in [7, 11) is 0. The average Bonchev–Trinajstić information content (AvgIpc) is 2.82. The van der Waals surface area contributed by atoms with Crippen LogP contribution in [-0.2, 0) is 6.42 Å². The van der Waals surface area contributed by atoms with E-state index in [1.54, 1.807) is 18.2 Å². The number of aryl methyl sites for hydroxylation is 1. The molecule has 0 aliphatic carbocycles. The van der Waals surface area contributed by atoms with Crippen LogP contribution in [-0.4, -0.2) is 5.91 Å². The molecule has 0 bridgehead atoms. The molecular weight excluding hydrogens is 334 g/mol. The third-order valence-corrected chi connectivity index (χ3v) is 4.68. The van der Waals surface area contributed by atoms with Crippen LogP contribution >= 0.6 is 38.9 Å². The van der Waals surface area contributed by atoms with E-state index in [1.807, 2.05) is 18.4 Å². The SMILES string of the molecule is CCc1ccsc1C(=O)Nc1ccc(Cl)c(Br)c1. The molecule has 2 nitrogen and oxygen atoms in total. The van der Waals surface area contributed by atoms with Crippen molar-refractivity contribution < 1.29 is 4.79 Å². The van der Waals surface area contributed by atoms with Crippen LogP contribution in [0.25, 0.3) is 0 Å². The molecule has 1 aromatic carbocycles. The minimum absolute atomic E-state index is 0.0731. The number of carbonyl (C=O) groups excluding carboxylic acids is 1. The summed E-state index contributed by atoms with van der Waals surface area (Å²) in [6, 6.07) is 7.30. The number of amides is 1. The van der Waals surface area contributed by atoms with Gasteiger partial charge in [-0.3, -0.25) is 4.79 Å². The molecule has 1 aromatic heterocycles. The van der Waals surface area contributed by atoms with Crippen LogP contribution in [0.1, 0.15) is 22.2 Å². The lowest BCUT2D eigenvalue weighted by molar-refractivity contribution is 0.103. The van der Waals surface area contributed by atoms with Crippen molar-refractivity contribution in [2.75, 3.05) is 5.32 Å². The fourth-order valence-electron chi connectivity index (χ4n) is 1.58. The summed E-state index contributed by atoms with van der Waals surface area (Å²) in [4.78, 5) is 12.9. The number of thiophene rings is 1. The Labute approximate surface area is 123 Å². The maximum atomic E-state index is 12.1. The number of carbonyl (C=O) groups is 1. The Morgan fingerprint density at radius 2 is 2.22 bits per heavy atom. The number of hydrogen-bond donors (Lipinski definition) is 1. The number of nitrogens with one attached hydrogen (secondary N) is 1. The fraction of sp³-hybridized carbons (Fsp3) is 0.154. The monoisotopic (exact) mass is 343 g/mol. The highest BCUT2D eigenvalue weighted by atomic mass is 79.9. The molecule has 1 amide bonds. The standard InChI is InChI=1S/C13H11BrClNOS/c1-2-8-5-6-18-12(8)13(17)16-9-3-4-11(15)10(14)7-9/h3-7H,2H2,1H3,(H,16,17). The third-order valence-electron chi connectivity index (χ3n) is 2.51. The maximum Gasteiger partial charge on any atom is 0.266 e. The molecule has 0 fully saturated rings. The van der Waals surface area contributed by atoms with Gasteiger partial charge in [-0.25, -0.2) is 0 Å². The van der Waals surface area contributed by atoms with Gasteiger partial charge in [0.05, 0.1) is 9.90 Å². The average molecular weight is 345 g/mol. The van der Waals surface area contributed by atoms with Crippen molar-refractivity contribution in [1.29, 1.82) is 0 Å². The van der Waals surface area contributed by atoms with E-state index in [2.05, 4.69) is 21.2 Å². The van der Waals surface area contributed by atoms with Crippen molar-refractivity contribution in [3.8, 4) is 0 Å². The number of halogens is 2. The highest BCUT2D eigenvalue weighted by Gasteiger charge is 2.12. The molecule has 0 aliphatic rings. The zero-order valence-electron chi connectivity index (χ0n) is 9.67. The molecule has 1 heterocycles. The first kappa shape index (κ1) is 13.6. The van der Waals surface area contributed by atoms with Crippen LogP contribution in [0.3, 0.4) is 0 Å². The number of hydrogen-bond acceptors (Lipinski definition) is 2. The first-order chi connectivity index (χ1) is 8.61. The topological polar surface area (TPSA) is 29.1 Å².